The topological polar surface area (TPSA) is 106 Å². The third-order valence-electron chi connectivity index (χ3n) is 2.16. The van der Waals surface area contributed by atoms with Crippen molar-refractivity contribution in [1.29, 1.82) is 5.26 Å². The fourth-order valence-electron chi connectivity index (χ4n) is 1.40. The Morgan fingerprint density at radius 3 is 2.88 bits per heavy atom. The lowest BCUT2D eigenvalue weighted by molar-refractivity contribution is 0.0987. The molecule has 6 nitrogen and oxygen atoms in total. The van der Waals surface area contributed by atoms with Crippen LogP contribution < -0.4 is 5.73 Å². The lowest BCUT2D eigenvalue weighted by Gasteiger charge is -2.00. The van der Waals surface area contributed by atoms with Gasteiger partial charge >= 0.3 is 0 Å². The number of rotatable bonds is 3. The number of carbonyl (C=O) groups is 1. The zero-order valence-corrected chi connectivity index (χ0v) is 8.75. The summed E-state index contributed by atoms with van der Waals surface area (Å²) in [6.07, 6.45) is 0.227. The van der Waals surface area contributed by atoms with Crippen molar-refractivity contribution in [2.24, 2.45) is 5.73 Å². The Morgan fingerprint density at radius 2 is 2.24 bits per heavy atom. The molecular weight excluding hydrogens is 220 g/mol. The standard InChI is InChI=1S/C11H8N4O2/c12-6-5-7-3-1-2-4-8(7)11-14-10(9(13)16)15-17-11/h1-4H,5H2,(H2,13,16). The van der Waals surface area contributed by atoms with Crippen LogP contribution in [0.4, 0.5) is 0 Å². The smallest absolute Gasteiger partial charge is 0.290 e. The van der Waals surface area contributed by atoms with Gasteiger partial charge < -0.3 is 10.3 Å². The maximum Gasteiger partial charge on any atom is 0.290 e. The Morgan fingerprint density at radius 1 is 1.47 bits per heavy atom. The van der Waals surface area contributed by atoms with Crippen molar-refractivity contribution in [2.45, 2.75) is 6.42 Å². The second-order valence-corrected chi connectivity index (χ2v) is 3.28. The summed E-state index contributed by atoms with van der Waals surface area (Å²) in [7, 11) is 0. The number of amides is 1. The van der Waals surface area contributed by atoms with Crippen LogP contribution in [0.5, 0.6) is 0 Å². The molecule has 0 saturated heterocycles. The van der Waals surface area contributed by atoms with Gasteiger partial charge in [-0.15, -0.1) is 0 Å². The minimum absolute atomic E-state index is 0.174. The van der Waals surface area contributed by atoms with Gasteiger partial charge in [0.15, 0.2) is 0 Å². The van der Waals surface area contributed by atoms with E-state index in [9.17, 15) is 4.79 Å². The lowest BCUT2D eigenvalue weighted by Crippen LogP contribution is -2.12. The van der Waals surface area contributed by atoms with Crippen LogP contribution in [-0.4, -0.2) is 16.0 Å². The first kappa shape index (κ1) is 10.8. The summed E-state index contributed by atoms with van der Waals surface area (Å²) in [6.45, 7) is 0. The van der Waals surface area contributed by atoms with Gasteiger partial charge in [-0.05, 0) is 11.6 Å². The van der Waals surface area contributed by atoms with Crippen LogP contribution in [0.25, 0.3) is 11.5 Å². The van der Waals surface area contributed by atoms with Crippen molar-refractivity contribution in [3.8, 4) is 17.5 Å². The van der Waals surface area contributed by atoms with Gasteiger partial charge in [-0.25, -0.2) is 0 Å². The number of aromatic nitrogens is 2. The van der Waals surface area contributed by atoms with Crippen LogP contribution >= 0.6 is 0 Å². The van der Waals surface area contributed by atoms with E-state index >= 15 is 0 Å². The number of benzene rings is 1. The van der Waals surface area contributed by atoms with Crippen molar-refractivity contribution in [2.75, 3.05) is 0 Å². The van der Waals surface area contributed by atoms with Crippen LogP contribution in [-0.2, 0) is 6.42 Å². The third kappa shape index (κ3) is 2.13. The second-order valence-electron chi connectivity index (χ2n) is 3.28. The molecule has 0 aliphatic carbocycles. The van der Waals surface area contributed by atoms with Crippen LogP contribution in [0.15, 0.2) is 28.8 Å². The molecule has 0 unspecified atom stereocenters. The highest BCUT2D eigenvalue weighted by atomic mass is 16.5. The molecule has 0 bridgehead atoms. The Hall–Kier alpha value is -2.68. The monoisotopic (exact) mass is 228 g/mol. The van der Waals surface area contributed by atoms with E-state index in [1.807, 2.05) is 12.1 Å². The predicted molar refractivity (Wildman–Crippen MR) is 57.6 cm³/mol. The molecule has 0 saturated carbocycles. The Bertz CT molecular complexity index is 598. The highest BCUT2D eigenvalue weighted by Crippen LogP contribution is 2.22. The van der Waals surface area contributed by atoms with Gasteiger partial charge in [-0.2, -0.15) is 10.2 Å². The van der Waals surface area contributed by atoms with Gasteiger partial charge in [-0.3, -0.25) is 4.79 Å². The molecule has 1 amide bonds. The van der Waals surface area contributed by atoms with Gasteiger partial charge in [-0.1, -0.05) is 23.4 Å². The highest BCUT2D eigenvalue weighted by Gasteiger charge is 2.14. The van der Waals surface area contributed by atoms with Gasteiger partial charge in [0.2, 0.25) is 0 Å². The second kappa shape index (κ2) is 4.45. The normalized spacial score (nSPS) is 9.82. The molecule has 84 valence electrons. The fraction of sp³-hybridized carbons (Fsp3) is 0.0909. The van der Waals surface area contributed by atoms with Gasteiger partial charge in [0.1, 0.15) is 0 Å². The van der Waals surface area contributed by atoms with E-state index < -0.39 is 5.91 Å². The molecule has 1 aromatic heterocycles. The minimum atomic E-state index is -0.752. The van der Waals surface area contributed by atoms with E-state index in [4.69, 9.17) is 15.5 Å². The molecule has 17 heavy (non-hydrogen) atoms. The maximum atomic E-state index is 10.8. The van der Waals surface area contributed by atoms with Crippen molar-refractivity contribution < 1.29 is 9.32 Å². The fourth-order valence-corrected chi connectivity index (χ4v) is 1.40. The van der Waals surface area contributed by atoms with Crippen LogP contribution in [0.3, 0.4) is 0 Å². The van der Waals surface area contributed by atoms with E-state index in [-0.39, 0.29) is 18.1 Å². The first-order valence-electron chi connectivity index (χ1n) is 4.81. The van der Waals surface area contributed by atoms with Crippen molar-refractivity contribution in [3.63, 3.8) is 0 Å². The van der Waals surface area contributed by atoms with Crippen LogP contribution in [0, 0.1) is 11.3 Å². The quantitative estimate of drug-likeness (QED) is 0.839. The molecule has 0 aliphatic rings. The van der Waals surface area contributed by atoms with E-state index in [0.717, 1.165) is 5.56 Å². The molecule has 0 aliphatic heterocycles. The molecule has 0 fully saturated rings. The molecule has 2 aromatic rings. The number of nitriles is 1. The predicted octanol–water partition coefficient (Wildman–Crippen LogP) is 0.902. The van der Waals surface area contributed by atoms with Gasteiger partial charge in [0, 0.05) is 5.56 Å². The maximum absolute atomic E-state index is 10.8. The number of hydrogen-bond donors (Lipinski definition) is 1. The van der Waals surface area contributed by atoms with E-state index in [1.54, 1.807) is 18.2 Å². The number of hydrogen-bond acceptors (Lipinski definition) is 5. The van der Waals surface area contributed by atoms with Gasteiger partial charge in [0.05, 0.1) is 12.5 Å². The zero-order chi connectivity index (χ0) is 12.3. The summed E-state index contributed by atoms with van der Waals surface area (Å²) < 4.78 is 4.93. The lowest BCUT2D eigenvalue weighted by atomic mass is 10.1. The molecule has 1 heterocycles. The number of nitrogens with zero attached hydrogens (tertiary/aromatic N) is 3. The van der Waals surface area contributed by atoms with E-state index in [0.29, 0.717) is 5.56 Å². The van der Waals surface area contributed by atoms with Crippen molar-refractivity contribution in [1.82, 2.24) is 10.1 Å². The Labute approximate surface area is 96.7 Å². The Kier molecular flexibility index (Phi) is 2.83. The molecule has 1 aromatic carbocycles. The first-order valence-corrected chi connectivity index (χ1v) is 4.81. The first-order chi connectivity index (χ1) is 8.22. The molecule has 6 heteroatoms. The average molecular weight is 228 g/mol. The average Bonchev–Trinajstić information content (AvgIpc) is 2.79. The molecule has 0 atom stereocenters. The van der Waals surface area contributed by atoms with Crippen molar-refractivity contribution >= 4 is 5.91 Å². The number of primary amides is 1. The summed E-state index contributed by atoms with van der Waals surface area (Å²) in [5.74, 6) is -0.742. The van der Waals surface area contributed by atoms with E-state index in [2.05, 4.69) is 10.1 Å². The highest BCUT2D eigenvalue weighted by molar-refractivity contribution is 5.89. The number of nitrogens with two attached hydrogens (primary N) is 1. The molecule has 2 N–H and O–H groups in total. The summed E-state index contributed by atoms with van der Waals surface area (Å²) >= 11 is 0. The largest absolute Gasteiger partial charge is 0.363 e. The van der Waals surface area contributed by atoms with Crippen LogP contribution in [0.2, 0.25) is 0 Å². The molecular formula is C11H8N4O2. The van der Waals surface area contributed by atoms with E-state index in [1.165, 1.54) is 0 Å². The minimum Gasteiger partial charge on any atom is -0.363 e. The molecule has 0 radical (unpaired) electrons. The van der Waals surface area contributed by atoms with Crippen molar-refractivity contribution in [3.05, 3.63) is 35.7 Å². The number of carbonyl (C=O) groups excluding carboxylic acids is 1. The van der Waals surface area contributed by atoms with Gasteiger partial charge in [0.25, 0.3) is 17.6 Å². The summed E-state index contributed by atoms with van der Waals surface area (Å²) in [5.41, 5.74) is 6.42. The summed E-state index contributed by atoms with van der Waals surface area (Å²) in [4.78, 5) is 14.7. The zero-order valence-electron chi connectivity index (χ0n) is 8.75. The Balaban J connectivity index is 2.45. The summed E-state index contributed by atoms with van der Waals surface area (Å²) in [5, 5.41) is 12.1. The van der Waals surface area contributed by atoms with Crippen LogP contribution in [0.1, 0.15) is 16.2 Å². The third-order valence-corrected chi connectivity index (χ3v) is 2.16. The summed E-state index contributed by atoms with van der Waals surface area (Å²) in [6, 6.07) is 9.16. The SMILES string of the molecule is N#CCc1ccccc1-c1nc(C(N)=O)no1. The molecule has 0 spiro atoms. The molecule has 2 rings (SSSR count).